The van der Waals surface area contributed by atoms with Gasteiger partial charge in [0.15, 0.2) is 0 Å². The summed E-state index contributed by atoms with van der Waals surface area (Å²) in [6.45, 7) is 4.03. The Hall–Kier alpha value is -2.83. The second-order valence-electron chi connectivity index (χ2n) is 6.37. The van der Waals surface area contributed by atoms with Crippen molar-refractivity contribution in [2.24, 2.45) is 5.92 Å². The number of aromatic nitrogens is 2. The van der Waals surface area contributed by atoms with Crippen molar-refractivity contribution in [2.45, 2.75) is 19.8 Å². The van der Waals surface area contributed by atoms with E-state index in [0.29, 0.717) is 23.4 Å². The van der Waals surface area contributed by atoms with Crippen LogP contribution < -0.4 is 14.8 Å². The first-order chi connectivity index (χ1) is 12.6. The zero-order valence-electron chi connectivity index (χ0n) is 15.1. The van der Waals surface area contributed by atoms with Crippen LogP contribution in [0.1, 0.15) is 19.8 Å². The van der Waals surface area contributed by atoms with E-state index in [4.69, 9.17) is 9.47 Å². The van der Waals surface area contributed by atoms with Gasteiger partial charge in [0.1, 0.15) is 17.3 Å². The highest BCUT2D eigenvalue weighted by molar-refractivity contribution is 5.73. The van der Waals surface area contributed by atoms with Gasteiger partial charge >= 0.3 is 0 Å². The zero-order valence-corrected chi connectivity index (χ0v) is 15.1. The van der Waals surface area contributed by atoms with Crippen LogP contribution in [0.4, 0.5) is 5.82 Å². The number of nitrogens with one attached hydrogen (secondary N) is 1. The predicted octanol–water partition coefficient (Wildman–Crippen LogP) is 2.95. The molecule has 1 atom stereocenters. The molecule has 26 heavy (non-hydrogen) atoms. The number of amides is 1. The standard InChI is InChI=1S/C19H24N4O3/c1-14(24)23-9-3-4-15(13-23)10-21-18-11-20-12-19(22-18)26-17-7-5-16(25-2)6-8-17/h5-8,11-12,15H,3-4,9-10,13H2,1-2H3,(H,21,22). The molecule has 138 valence electrons. The van der Waals surface area contributed by atoms with Crippen molar-refractivity contribution >= 4 is 11.7 Å². The molecule has 1 aromatic heterocycles. The molecule has 0 saturated carbocycles. The van der Waals surface area contributed by atoms with Crippen molar-refractivity contribution < 1.29 is 14.3 Å². The summed E-state index contributed by atoms with van der Waals surface area (Å²) in [5.74, 6) is 3.09. The van der Waals surface area contributed by atoms with Gasteiger partial charge in [-0.3, -0.25) is 9.78 Å². The third kappa shape index (κ3) is 4.84. The summed E-state index contributed by atoms with van der Waals surface area (Å²) in [4.78, 5) is 22.1. The van der Waals surface area contributed by atoms with Crippen molar-refractivity contribution in [3.8, 4) is 17.4 Å². The summed E-state index contributed by atoms with van der Waals surface area (Å²) in [5.41, 5.74) is 0. The van der Waals surface area contributed by atoms with E-state index in [1.54, 1.807) is 26.4 Å². The molecular weight excluding hydrogens is 332 g/mol. The van der Waals surface area contributed by atoms with Crippen molar-refractivity contribution in [3.05, 3.63) is 36.7 Å². The van der Waals surface area contributed by atoms with Crippen molar-refractivity contribution in [1.29, 1.82) is 0 Å². The van der Waals surface area contributed by atoms with E-state index in [9.17, 15) is 4.79 Å². The average molecular weight is 356 g/mol. The highest BCUT2D eigenvalue weighted by atomic mass is 16.5. The van der Waals surface area contributed by atoms with Gasteiger partial charge < -0.3 is 19.7 Å². The molecule has 1 N–H and O–H groups in total. The van der Waals surface area contributed by atoms with E-state index in [2.05, 4.69) is 15.3 Å². The number of nitrogens with zero attached hydrogens (tertiary/aromatic N) is 3. The number of likely N-dealkylation sites (tertiary alicyclic amines) is 1. The maximum atomic E-state index is 11.5. The molecule has 0 bridgehead atoms. The van der Waals surface area contributed by atoms with Crippen LogP contribution in [-0.4, -0.2) is 47.5 Å². The summed E-state index contributed by atoms with van der Waals surface area (Å²) >= 11 is 0. The Labute approximate surface area is 153 Å². The van der Waals surface area contributed by atoms with E-state index in [-0.39, 0.29) is 5.91 Å². The number of rotatable bonds is 6. The van der Waals surface area contributed by atoms with Crippen LogP contribution in [0, 0.1) is 5.92 Å². The molecule has 1 unspecified atom stereocenters. The minimum absolute atomic E-state index is 0.143. The molecule has 1 amide bonds. The lowest BCUT2D eigenvalue weighted by molar-refractivity contribution is -0.130. The minimum atomic E-state index is 0.143. The summed E-state index contributed by atoms with van der Waals surface area (Å²) in [5, 5.41) is 3.31. The van der Waals surface area contributed by atoms with Gasteiger partial charge in [0.05, 0.1) is 19.5 Å². The molecule has 0 aliphatic carbocycles. The number of carbonyl (C=O) groups excluding carboxylic acids is 1. The fourth-order valence-electron chi connectivity index (χ4n) is 3.01. The molecule has 1 aliphatic rings. The molecule has 0 spiro atoms. The normalized spacial score (nSPS) is 16.8. The Bertz CT molecular complexity index is 736. The van der Waals surface area contributed by atoms with Crippen molar-refractivity contribution in [1.82, 2.24) is 14.9 Å². The molecule has 2 heterocycles. The van der Waals surface area contributed by atoms with Crippen LogP contribution in [-0.2, 0) is 4.79 Å². The van der Waals surface area contributed by atoms with Gasteiger partial charge in [-0.2, -0.15) is 4.98 Å². The molecule has 1 saturated heterocycles. The molecule has 0 radical (unpaired) electrons. The molecule has 7 heteroatoms. The van der Waals surface area contributed by atoms with Crippen LogP contribution in [0.2, 0.25) is 0 Å². The van der Waals surface area contributed by atoms with Gasteiger partial charge in [0.2, 0.25) is 11.8 Å². The third-order valence-electron chi connectivity index (χ3n) is 4.43. The SMILES string of the molecule is COc1ccc(Oc2cncc(NCC3CCCN(C(C)=O)C3)n2)cc1. The van der Waals surface area contributed by atoms with Gasteiger partial charge in [0.25, 0.3) is 0 Å². The maximum Gasteiger partial charge on any atom is 0.239 e. The maximum absolute atomic E-state index is 11.5. The summed E-state index contributed by atoms with van der Waals surface area (Å²) < 4.78 is 10.9. The third-order valence-corrected chi connectivity index (χ3v) is 4.43. The fourth-order valence-corrected chi connectivity index (χ4v) is 3.01. The fraction of sp³-hybridized carbons (Fsp3) is 0.421. The van der Waals surface area contributed by atoms with Gasteiger partial charge in [0, 0.05) is 26.6 Å². The number of hydrogen-bond donors (Lipinski definition) is 1. The summed E-state index contributed by atoms with van der Waals surface area (Å²) in [6.07, 6.45) is 5.39. The molecule has 1 aliphatic heterocycles. The van der Waals surface area contributed by atoms with Gasteiger partial charge in [-0.25, -0.2) is 0 Å². The first-order valence-electron chi connectivity index (χ1n) is 8.77. The summed E-state index contributed by atoms with van der Waals surface area (Å²) in [7, 11) is 1.62. The molecule has 2 aromatic rings. The van der Waals surface area contributed by atoms with Gasteiger partial charge in [-0.05, 0) is 43.0 Å². The van der Waals surface area contributed by atoms with E-state index in [0.717, 1.165) is 38.2 Å². The Morgan fingerprint density at radius 2 is 2.04 bits per heavy atom. The van der Waals surface area contributed by atoms with E-state index < -0.39 is 0 Å². The Balaban J connectivity index is 1.56. The van der Waals surface area contributed by atoms with Crippen molar-refractivity contribution in [2.75, 3.05) is 32.1 Å². The number of methoxy groups -OCH3 is 1. The molecule has 7 nitrogen and oxygen atoms in total. The van der Waals surface area contributed by atoms with Gasteiger partial charge in [-0.15, -0.1) is 0 Å². The Kier molecular flexibility index (Phi) is 5.88. The zero-order chi connectivity index (χ0) is 18.4. The monoisotopic (exact) mass is 356 g/mol. The Morgan fingerprint density at radius 1 is 1.27 bits per heavy atom. The lowest BCUT2D eigenvalue weighted by Crippen LogP contribution is -2.40. The van der Waals surface area contributed by atoms with E-state index in [1.165, 1.54) is 0 Å². The first kappa shape index (κ1) is 18.0. The quantitative estimate of drug-likeness (QED) is 0.857. The second-order valence-corrected chi connectivity index (χ2v) is 6.37. The number of ether oxygens (including phenoxy) is 2. The Morgan fingerprint density at radius 3 is 2.77 bits per heavy atom. The number of benzene rings is 1. The number of anilines is 1. The van der Waals surface area contributed by atoms with Crippen molar-refractivity contribution in [3.63, 3.8) is 0 Å². The smallest absolute Gasteiger partial charge is 0.239 e. The number of hydrogen-bond acceptors (Lipinski definition) is 6. The van der Waals surface area contributed by atoms with E-state index in [1.807, 2.05) is 29.2 Å². The lowest BCUT2D eigenvalue weighted by Gasteiger charge is -2.32. The minimum Gasteiger partial charge on any atom is -0.497 e. The van der Waals surface area contributed by atoms with Crippen LogP contribution in [0.15, 0.2) is 36.7 Å². The van der Waals surface area contributed by atoms with Crippen LogP contribution in [0.3, 0.4) is 0 Å². The highest BCUT2D eigenvalue weighted by Crippen LogP contribution is 2.23. The lowest BCUT2D eigenvalue weighted by atomic mass is 9.98. The number of carbonyl (C=O) groups is 1. The average Bonchev–Trinajstić information content (AvgIpc) is 2.67. The largest absolute Gasteiger partial charge is 0.497 e. The topological polar surface area (TPSA) is 76.6 Å². The van der Waals surface area contributed by atoms with Gasteiger partial charge in [-0.1, -0.05) is 0 Å². The van der Waals surface area contributed by atoms with E-state index >= 15 is 0 Å². The van der Waals surface area contributed by atoms with Crippen LogP contribution in [0.5, 0.6) is 17.4 Å². The first-order valence-corrected chi connectivity index (χ1v) is 8.77. The molecule has 3 rings (SSSR count). The highest BCUT2D eigenvalue weighted by Gasteiger charge is 2.21. The summed E-state index contributed by atoms with van der Waals surface area (Å²) in [6, 6.07) is 7.29. The second kappa shape index (κ2) is 8.51. The molecular formula is C19H24N4O3. The van der Waals surface area contributed by atoms with Crippen LogP contribution in [0.25, 0.3) is 0 Å². The predicted molar refractivity (Wildman–Crippen MR) is 98.6 cm³/mol. The molecule has 1 aromatic carbocycles. The number of piperidine rings is 1. The molecule has 1 fully saturated rings. The van der Waals surface area contributed by atoms with Crippen LogP contribution >= 0.6 is 0 Å².